The van der Waals surface area contributed by atoms with Crippen LogP contribution in [0.15, 0.2) is 43.0 Å². The number of likely N-dealkylation sites (tertiary alicyclic amines) is 1. The lowest BCUT2D eigenvalue weighted by atomic mass is 10.1. The maximum absolute atomic E-state index is 12.1. The van der Waals surface area contributed by atoms with Gasteiger partial charge >= 0.3 is 0 Å². The van der Waals surface area contributed by atoms with E-state index in [1.165, 1.54) is 0 Å². The molecule has 0 bridgehead atoms. The minimum Gasteiger partial charge on any atom is -0.486 e. The van der Waals surface area contributed by atoms with Gasteiger partial charge in [0.05, 0.1) is 19.4 Å². The summed E-state index contributed by atoms with van der Waals surface area (Å²) < 4.78 is 7.91. The molecule has 116 valence electrons. The molecule has 0 N–H and O–H groups in total. The number of amides is 1. The molecule has 1 aromatic carbocycles. The standard InChI is InChI=1S/C17H21N3O2/c1-14-5-2-3-6-16(14)22-15-11-20(12-15)17(21)7-4-9-19-10-8-18-13-19/h2-3,5-6,8,10,13,15H,4,7,9,11-12H2,1H3. The highest BCUT2D eigenvalue weighted by atomic mass is 16.5. The van der Waals surface area contributed by atoms with Gasteiger partial charge in [-0.1, -0.05) is 18.2 Å². The average molecular weight is 299 g/mol. The number of imidazole rings is 1. The minimum absolute atomic E-state index is 0.124. The number of hydrogen-bond donors (Lipinski definition) is 0. The number of aryl methyl sites for hydroxylation is 2. The fraction of sp³-hybridized carbons (Fsp3) is 0.412. The third-order valence-electron chi connectivity index (χ3n) is 3.95. The molecule has 1 aromatic heterocycles. The lowest BCUT2D eigenvalue weighted by molar-refractivity contribution is -0.140. The average Bonchev–Trinajstić information content (AvgIpc) is 2.97. The van der Waals surface area contributed by atoms with E-state index in [1.54, 1.807) is 12.5 Å². The van der Waals surface area contributed by atoms with Gasteiger partial charge in [0.15, 0.2) is 0 Å². The fourth-order valence-electron chi connectivity index (χ4n) is 2.57. The molecule has 3 rings (SSSR count). The number of rotatable bonds is 6. The van der Waals surface area contributed by atoms with Gasteiger partial charge in [-0.05, 0) is 25.0 Å². The van der Waals surface area contributed by atoms with Gasteiger partial charge in [0.2, 0.25) is 5.91 Å². The van der Waals surface area contributed by atoms with E-state index in [-0.39, 0.29) is 12.0 Å². The van der Waals surface area contributed by atoms with E-state index in [1.807, 2.05) is 46.9 Å². The van der Waals surface area contributed by atoms with Crippen molar-refractivity contribution in [3.05, 3.63) is 48.5 Å². The Morgan fingerprint density at radius 1 is 1.36 bits per heavy atom. The Balaban J connectivity index is 1.37. The normalized spacial score (nSPS) is 14.7. The van der Waals surface area contributed by atoms with Crippen molar-refractivity contribution in [3.63, 3.8) is 0 Å². The molecule has 5 heteroatoms. The Morgan fingerprint density at radius 3 is 2.91 bits per heavy atom. The Hall–Kier alpha value is -2.30. The van der Waals surface area contributed by atoms with Gasteiger partial charge in [0.25, 0.3) is 0 Å². The topological polar surface area (TPSA) is 47.4 Å². The van der Waals surface area contributed by atoms with Gasteiger partial charge in [-0.3, -0.25) is 4.79 Å². The van der Waals surface area contributed by atoms with Crippen LogP contribution in [0.5, 0.6) is 5.75 Å². The molecule has 22 heavy (non-hydrogen) atoms. The first kappa shape index (κ1) is 14.6. The summed E-state index contributed by atoms with van der Waals surface area (Å²) in [6, 6.07) is 7.98. The van der Waals surface area contributed by atoms with Crippen LogP contribution in [0.4, 0.5) is 0 Å². The van der Waals surface area contributed by atoms with Crippen molar-refractivity contribution in [2.24, 2.45) is 0 Å². The second-order valence-corrected chi connectivity index (χ2v) is 5.71. The molecule has 0 atom stereocenters. The lowest BCUT2D eigenvalue weighted by Crippen LogP contribution is -2.56. The van der Waals surface area contributed by atoms with Gasteiger partial charge < -0.3 is 14.2 Å². The van der Waals surface area contributed by atoms with Crippen LogP contribution < -0.4 is 4.74 Å². The largest absolute Gasteiger partial charge is 0.486 e. The predicted molar refractivity (Wildman–Crippen MR) is 83.6 cm³/mol. The first-order chi connectivity index (χ1) is 10.7. The number of benzene rings is 1. The van der Waals surface area contributed by atoms with E-state index in [0.29, 0.717) is 19.5 Å². The molecule has 1 saturated heterocycles. The van der Waals surface area contributed by atoms with Gasteiger partial charge in [-0.25, -0.2) is 4.98 Å². The van der Waals surface area contributed by atoms with Crippen molar-refractivity contribution in [1.82, 2.24) is 14.5 Å². The number of ether oxygens (including phenoxy) is 1. The van der Waals surface area contributed by atoms with Crippen LogP contribution in [0.1, 0.15) is 18.4 Å². The minimum atomic E-state index is 0.124. The summed E-state index contributed by atoms with van der Waals surface area (Å²) in [5.41, 5.74) is 1.13. The van der Waals surface area contributed by atoms with E-state index >= 15 is 0 Å². The molecule has 0 spiro atoms. The van der Waals surface area contributed by atoms with Crippen LogP contribution in [-0.4, -0.2) is 39.6 Å². The molecule has 1 aliphatic rings. The Labute approximate surface area is 130 Å². The van der Waals surface area contributed by atoms with Gasteiger partial charge in [-0.15, -0.1) is 0 Å². The molecular weight excluding hydrogens is 278 g/mol. The Morgan fingerprint density at radius 2 is 2.18 bits per heavy atom. The van der Waals surface area contributed by atoms with E-state index in [2.05, 4.69) is 4.98 Å². The zero-order valence-corrected chi connectivity index (χ0v) is 12.8. The number of nitrogens with zero attached hydrogens (tertiary/aromatic N) is 3. The number of carbonyl (C=O) groups excluding carboxylic acids is 1. The van der Waals surface area contributed by atoms with E-state index < -0.39 is 0 Å². The summed E-state index contributed by atoms with van der Waals surface area (Å²) in [6.07, 6.45) is 6.99. The van der Waals surface area contributed by atoms with Crippen LogP contribution in [0.25, 0.3) is 0 Å². The molecule has 5 nitrogen and oxygen atoms in total. The molecule has 1 fully saturated rings. The van der Waals surface area contributed by atoms with E-state index in [9.17, 15) is 4.79 Å². The molecular formula is C17H21N3O2. The molecule has 2 heterocycles. The van der Waals surface area contributed by atoms with Crippen LogP contribution in [0.2, 0.25) is 0 Å². The summed E-state index contributed by atoms with van der Waals surface area (Å²) in [5.74, 6) is 1.13. The van der Waals surface area contributed by atoms with Crippen LogP contribution >= 0.6 is 0 Å². The van der Waals surface area contributed by atoms with Gasteiger partial charge in [0.1, 0.15) is 11.9 Å². The third kappa shape index (κ3) is 3.47. The quantitative estimate of drug-likeness (QED) is 0.822. The third-order valence-corrected chi connectivity index (χ3v) is 3.95. The molecule has 0 unspecified atom stereocenters. The molecule has 0 saturated carbocycles. The summed E-state index contributed by atoms with van der Waals surface area (Å²) >= 11 is 0. The van der Waals surface area contributed by atoms with Crippen molar-refractivity contribution < 1.29 is 9.53 Å². The molecule has 1 aliphatic heterocycles. The number of carbonyl (C=O) groups is 1. The molecule has 0 radical (unpaired) electrons. The number of aromatic nitrogens is 2. The smallest absolute Gasteiger partial charge is 0.222 e. The number of para-hydroxylation sites is 1. The van der Waals surface area contributed by atoms with Crippen molar-refractivity contribution in [2.75, 3.05) is 13.1 Å². The highest BCUT2D eigenvalue weighted by Gasteiger charge is 2.31. The van der Waals surface area contributed by atoms with Crippen molar-refractivity contribution in [2.45, 2.75) is 32.4 Å². The maximum Gasteiger partial charge on any atom is 0.222 e. The summed E-state index contributed by atoms with van der Waals surface area (Å²) in [7, 11) is 0. The lowest BCUT2D eigenvalue weighted by Gasteiger charge is -2.39. The van der Waals surface area contributed by atoms with Crippen LogP contribution in [-0.2, 0) is 11.3 Å². The van der Waals surface area contributed by atoms with Crippen molar-refractivity contribution in [1.29, 1.82) is 0 Å². The number of hydrogen-bond acceptors (Lipinski definition) is 3. The Kier molecular flexibility index (Phi) is 4.42. The van der Waals surface area contributed by atoms with Gasteiger partial charge in [0, 0.05) is 25.4 Å². The highest BCUT2D eigenvalue weighted by Crippen LogP contribution is 2.22. The highest BCUT2D eigenvalue weighted by molar-refractivity contribution is 5.77. The van der Waals surface area contributed by atoms with Crippen LogP contribution in [0.3, 0.4) is 0 Å². The molecule has 1 amide bonds. The molecule has 2 aromatic rings. The van der Waals surface area contributed by atoms with Gasteiger partial charge in [-0.2, -0.15) is 0 Å². The van der Waals surface area contributed by atoms with Crippen LogP contribution in [0, 0.1) is 6.92 Å². The van der Waals surface area contributed by atoms with E-state index in [0.717, 1.165) is 24.3 Å². The molecule has 0 aliphatic carbocycles. The maximum atomic E-state index is 12.1. The second-order valence-electron chi connectivity index (χ2n) is 5.71. The first-order valence-electron chi connectivity index (χ1n) is 7.68. The zero-order valence-electron chi connectivity index (χ0n) is 12.8. The second kappa shape index (κ2) is 6.64. The summed E-state index contributed by atoms with van der Waals surface area (Å²) in [5, 5.41) is 0. The SMILES string of the molecule is Cc1ccccc1OC1CN(C(=O)CCCn2ccnc2)C1. The Bertz CT molecular complexity index is 619. The monoisotopic (exact) mass is 299 g/mol. The van der Waals surface area contributed by atoms with Crippen molar-refractivity contribution >= 4 is 5.91 Å². The zero-order chi connectivity index (χ0) is 15.4. The fourth-order valence-corrected chi connectivity index (χ4v) is 2.57. The van der Waals surface area contributed by atoms with Crippen molar-refractivity contribution in [3.8, 4) is 5.75 Å². The summed E-state index contributed by atoms with van der Waals surface area (Å²) in [4.78, 5) is 17.9. The first-order valence-corrected chi connectivity index (χ1v) is 7.68. The summed E-state index contributed by atoms with van der Waals surface area (Å²) in [6.45, 7) is 4.26. The van der Waals surface area contributed by atoms with E-state index in [4.69, 9.17) is 4.74 Å². The predicted octanol–water partition coefficient (Wildman–Crippen LogP) is 2.26.